The van der Waals surface area contributed by atoms with Crippen LogP contribution in [0.1, 0.15) is 78.1 Å². The van der Waals surface area contributed by atoms with Gasteiger partial charge in [-0.3, -0.25) is 4.79 Å². The fourth-order valence-corrected chi connectivity index (χ4v) is 5.99. The zero-order chi connectivity index (χ0) is 21.8. The van der Waals surface area contributed by atoms with Crippen molar-refractivity contribution in [1.29, 1.82) is 0 Å². The van der Waals surface area contributed by atoms with Crippen LogP contribution in [-0.4, -0.2) is 58.6 Å². The van der Waals surface area contributed by atoms with Crippen molar-refractivity contribution < 1.29 is 19.7 Å². The molecule has 3 N–H and O–H groups in total. The average molecular weight is 442 g/mol. The predicted octanol–water partition coefficient (Wildman–Crippen LogP) is 4.64. The van der Waals surface area contributed by atoms with Gasteiger partial charge < -0.3 is 20.3 Å². The van der Waals surface area contributed by atoms with Gasteiger partial charge in [0.15, 0.2) is 0 Å². The van der Waals surface area contributed by atoms with Gasteiger partial charge in [-0.15, -0.1) is 0 Å². The Kier molecular flexibility index (Phi) is 11.8. The van der Waals surface area contributed by atoms with Gasteiger partial charge in [0, 0.05) is 25.4 Å². The van der Waals surface area contributed by atoms with E-state index < -0.39 is 11.6 Å². The van der Waals surface area contributed by atoms with Crippen molar-refractivity contribution in [2.45, 2.75) is 95.9 Å². The molecular weight excluding hydrogens is 398 g/mol. The van der Waals surface area contributed by atoms with Crippen LogP contribution in [0.25, 0.3) is 0 Å². The first-order valence-electron chi connectivity index (χ1n) is 12.0. The third-order valence-electron chi connectivity index (χ3n) is 6.54. The summed E-state index contributed by atoms with van der Waals surface area (Å²) in [5.41, 5.74) is -0.604. The first-order valence-corrected chi connectivity index (χ1v) is 13.2. The maximum absolute atomic E-state index is 11.1. The number of ether oxygens (including phenoxy) is 1. The topological polar surface area (TPSA) is 78.8 Å². The molecule has 0 amide bonds. The number of rotatable bonds is 17. The minimum Gasteiger partial charge on any atom is -0.481 e. The first kappa shape index (κ1) is 25.7. The molecule has 0 saturated carbocycles. The molecule has 0 spiro atoms. The van der Waals surface area contributed by atoms with Gasteiger partial charge in [-0.1, -0.05) is 32.4 Å². The van der Waals surface area contributed by atoms with Gasteiger partial charge >= 0.3 is 5.97 Å². The number of unbranched alkanes of at least 4 members (excludes halogenated alkanes) is 1. The monoisotopic (exact) mass is 441 g/mol. The van der Waals surface area contributed by atoms with Crippen molar-refractivity contribution in [1.82, 2.24) is 5.32 Å². The van der Waals surface area contributed by atoms with Gasteiger partial charge in [-0.2, -0.15) is 11.8 Å². The van der Waals surface area contributed by atoms with E-state index in [4.69, 9.17) is 9.84 Å². The molecule has 0 radical (unpaired) electrons. The van der Waals surface area contributed by atoms with Crippen molar-refractivity contribution in [2.75, 3.05) is 24.6 Å². The lowest BCUT2D eigenvalue weighted by Crippen LogP contribution is -2.44. The predicted molar refractivity (Wildman–Crippen MR) is 125 cm³/mol. The molecule has 2 bridgehead atoms. The zero-order valence-electron chi connectivity index (χ0n) is 19.0. The standard InChI is InChI=1S/C24H43NO4S/c1-3-13-24(28,14-16-30-15-4-2)18-25-17-20-19(21-11-12-22(20)29-21)9-7-5-6-8-10-23(26)27/h5,7,19-22,25,28H,3-4,6,8-18H2,1-2H3,(H,26,27)/b7-5-/t19-,20+,21-,22+,24?/m0/s1. The number of hydrogen-bond acceptors (Lipinski definition) is 5. The lowest BCUT2D eigenvalue weighted by molar-refractivity contribution is -0.137. The second kappa shape index (κ2) is 13.8. The fraction of sp³-hybridized carbons (Fsp3) is 0.875. The van der Waals surface area contributed by atoms with Crippen molar-refractivity contribution in [3.63, 3.8) is 0 Å². The summed E-state index contributed by atoms with van der Waals surface area (Å²) in [6.07, 6.45) is 14.1. The van der Waals surface area contributed by atoms with E-state index in [-0.39, 0.29) is 6.42 Å². The van der Waals surface area contributed by atoms with E-state index in [2.05, 4.69) is 31.3 Å². The maximum atomic E-state index is 11.1. The Bertz CT molecular complexity index is 529. The van der Waals surface area contributed by atoms with Crippen LogP contribution in [0, 0.1) is 11.8 Å². The molecule has 174 valence electrons. The van der Waals surface area contributed by atoms with E-state index in [1.165, 1.54) is 12.2 Å². The molecule has 30 heavy (non-hydrogen) atoms. The van der Waals surface area contributed by atoms with Crippen LogP contribution in [0.3, 0.4) is 0 Å². The van der Waals surface area contributed by atoms with E-state index in [0.29, 0.717) is 37.0 Å². The fourth-order valence-electron chi connectivity index (χ4n) is 4.97. The van der Waals surface area contributed by atoms with Gasteiger partial charge in [0.25, 0.3) is 0 Å². The normalized spacial score (nSPS) is 27.7. The quantitative estimate of drug-likeness (QED) is 0.225. The average Bonchev–Trinajstić information content (AvgIpc) is 3.30. The summed E-state index contributed by atoms with van der Waals surface area (Å²) in [7, 11) is 0. The summed E-state index contributed by atoms with van der Waals surface area (Å²) < 4.78 is 6.21. The molecule has 2 aliphatic heterocycles. The number of carbonyl (C=O) groups is 1. The van der Waals surface area contributed by atoms with E-state index in [1.807, 2.05) is 11.8 Å². The highest BCUT2D eigenvalue weighted by molar-refractivity contribution is 7.99. The van der Waals surface area contributed by atoms with Crippen LogP contribution in [0.4, 0.5) is 0 Å². The SMILES string of the molecule is CCCSCCC(O)(CCC)CNC[C@@H]1[C@H](C/C=C\CCCC(=O)O)[C@@H]2CC[C@H]1O2. The van der Waals surface area contributed by atoms with Crippen LogP contribution < -0.4 is 5.32 Å². The molecule has 0 aliphatic carbocycles. The van der Waals surface area contributed by atoms with E-state index in [0.717, 1.165) is 57.2 Å². The highest BCUT2D eigenvalue weighted by Gasteiger charge is 2.47. The Labute approximate surface area is 187 Å². The van der Waals surface area contributed by atoms with Gasteiger partial charge in [-0.25, -0.2) is 0 Å². The minimum absolute atomic E-state index is 0.242. The number of aliphatic carboxylic acids is 1. The largest absolute Gasteiger partial charge is 0.481 e. The number of hydrogen-bond donors (Lipinski definition) is 3. The molecule has 5 nitrogen and oxygen atoms in total. The second-order valence-corrected chi connectivity index (χ2v) is 10.3. The lowest BCUT2D eigenvalue weighted by Gasteiger charge is -2.31. The van der Waals surface area contributed by atoms with Gasteiger partial charge in [0.1, 0.15) is 0 Å². The van der Waals surface area contributed by atoms with Crippen LogP contribution >= 0.6 is 11.8 Å². The van der Waals surface area contributed by atoms with Crippen molar-refractivity contribution in [2.24, 2.45) is 11.8 Å². The Balaban J connectivity index is 1.77. The number of carboxylic acids is 1. The Morgan fingerprint density at radius 3 is 2.60 bits per heavy atom. The Morgan fingerprint density at radius 2 is 1.90 bits per heavy atom. The zero-order valence-corrected chi connectivity index (χ0v) is 19.8. The van der Waals surface area contributed by atoms with Crippen molar-refractivity contribution in [3.8, 4) is 0 Å². The molecule has 0 aromatic heterocycles. The van der Waals surface area contributed by atoms with Crippen molar-refractivity contribution >= 4 is 17.7 Å². The molecule has 0 aromatic carbocycles. The van der Waals surface area contributed by atoms with E-state index in [9.17, 15) is 9.90 Å². The molecular formula is C24H43NO4S. The number of carboxylic acid groups (broad SMARTS) is 1. The molecule has 2 heterocycles. The number of allylic oxidation sites excluding steroid dienone is 2. The number of fused-ring (bicyclic) bond motifs is 2. The molecule has 5 atom stereocenters. The summed E-state index contributed by atoms with van der Waals surface area (Å²) in [5, 5.41) is 23.4. The van der Waals surface area contributed by atoms with Crippen molar-refractivity contribution in [3.05, 3.63) is 12.2 Å². The van der Waals surface area contributed by atoms with Crippen LogP contribution in [0.15, 0.2) is 12.2 Å². The van der Waals surface area contributed by atoms with E-state index >= 15 is 0 Å². The Hall–Kier alpha value is -0.560. The molecule has 2 saturated heterocycles. The maximum Gasteiger partial charge on any atom is 0.303 e. The molecule has 6 heteroatoms. The lowest BCUT2D eigenvalue weighted by atomic mass is 9.77. The summed E-state index contributed by atoms with van der Waals surface area (Å²) in [5.74, 6) is 2.52. The third-order valence-corrected chi connectivity index (χ3v) is 7.73. The Morgan fingerprint density at radius 1 is 1.13 bits per heavy atom. The van der Waals surface area contributed by atoms with Gasteiger partial charge in [-0.05, 0) is 68.8 Å². The summed E-state index contributed by atoms with van der Waals surface area (Å²) in [6.45, 7) is 5.92. The molecule has 2 aliphatic rings. The molecule has 2 fully saturated rings. The van der Waals surface area contributed by atoms with E-state index in [1.54, 1.807) is 0 Å². The van der Waals surface area contributed by atoms with Crippen LogP contribution in [-0.2, 0) is 9.53 Å². The number of aliphatic hydroxyl groups is 1. The summed E-state index contributed by atoms with van der Waals surface area (Å²) in [6, 6.07) is 0. The summed E-state index contributed by atoms with van der Waals surface area (Å²) in [4.78, 5) is 10.6. The second-order valence-electron chi connectivity index (χ2n) is 9.08. The van der Waals surface area contributed by atoms with Crippen LogP contribution in [0.5, 0.6) is 0 Å². The molecule has 0 aromatic rings. The van der Waals surface area contributed by atoms with Gasteiger partial charge in [0.2, 0.25) is 0 Å². The highest BCUT2D eigenvalue weighted by atomic mass is 32.2. The number of thioether (sulfide) groups is 1. The number of nitrogens with one attached hydrogen (secondary N) is 1. The van der Waals surface area contributed by atoms with Gasteiger partial charge in [0.05, 0.1) is 17.8 Å². The third kappa shape index (κ3) is 8.52. The highest BCUT2D eigenvalue weighted by Crippen LogP contribution is 2.45. The first-order chi connectivity index (χ1) is 14.5. The molecule has 2 rings (SSSR count). The summed E-state index contributed by atoms with van der Waals surface area (Å²) >= 11 is 1.94. The molecule has 1 unspecified atom stereocenters. The smallest absolute Gasteiger partial charge is 0.303 e. The van der Waals surface area contributed by atoms with Crippen LogP contribution in [0.2, 0.25) is 0 Å². The minimum atomic E-state index is -0.719.